The second kappa shape index (κ2) is 6.18. The van der Waals surface area contributed by atoms with E-state index in [1.165, 1.54) is 25.1 Å². The van der Waals surface area contributed by atoms with Gasteiger partial charge < -0.3 is 5.32 Å². The number of urea groups is 1. The maximum Gasteiger partial charge on any atom is 0.325 e. The van der Waals surface area contributed by atoms with Gasteiger partial charge in [0.1, 0.15) is 23.0 Å². The topological polar surface area (TPSA) is 49.4 Å². The number of benzene rings is 2. The summed E-state index contributed by atoms with van der Waals surface area (Å²) in [6, 6.07) is 5.96. The molecule has 0 spiro atoms. The third kappa shape index (κ3) is 3.02. The van der Waals surface area contributed by atoms with Crippen LogP contribution in [0.4, 0.5) is 18.0 Å². The fourth-order valence-corrected chi connectivity index (χ4v) is 3.15. The number of carbonyl (C=O) groups is 2. The normalized spacial score (nSPS) is 20.1. The summed E-state index contributed by atoms with van der Waals surface area (Å²) in [6.45, 7) is 0.949. The number of nitrogens with zero attached hydrogens (tertiary/aromatic N) is 1. The van der Waals surface area contributed by atoms with Crippen molar-refractivity contribution >= 4 is 27.9 Å². The summed E-state index contributed by atoms with van der Waals surface area (Å²) in [4.78, 5) is 25.7. The summed E-state index contributed by atoms with van der Waals surface area (Å²) in [5.41, 5.74) is -1.95. The zero-order chi connectivity index (χ0) is 18.4. The zero-order valence-electron chi connectivity index (χ0n) is 12.9. The molecule has 2 aromatic rings. The summed E-state index contributed by atoms with van der Waals surface area (Å²) < 4.78 is 42.0. The molecule has 1 aliphatic rings. The van der Waals surface area contributed by atoms with Gasteiger partial charge in [-0.3, -0.25) is 9.69 Å². The molecule has 4 nitrogen and oxygen atoms in total. The minimum atomic E-state index is -1.77. The Kier molecular flexibility index (Phi) is 4.32. The smallest absolute Gasteiger partial charge is 0.319 e. The first-order valence-electron chi connectivity index (χ1n) is 7.26. The largest absolute Gasteiger partial charge is 0.325 e. The van der Waals surface area contributed by atoms with Crippen LogP contribution in [0.15, 0.2) is 40.9 Å². The van der Waals surface area contributed by atoms with Crippen LogP contribution in [0.2, 0.25) is 0 Å². The number of carbonyl (C=O) groups excluding carboxylic acids is 2. The van der Waals surface area contributed by atoms with Gasteiger partial charge in [-0.2, -0.15) is 0 Å². The predicted octanol–water partition coefficient (Wildman–Crippen LogP) is 3.83. The van der Waals surface area contributed by atoms with Gasteiger partial charge in [0.2, 0.25) is 0 Å². The molecule has 0 aromatic heterocycles. The first kappa shape index (κ1) is 17.5. The SMILES string of the molecule is CC1(c2cc(F)ccc2F)NC(=O)N(Cc2cc(Br)ccc2F)C1=O. The van der Waals surface area contributed by atoms with E-state index in [1.807, 2.05) is 0 Å². The Morgan fingerprint density at radius 1 is 1.08 bits per heavy atom. The quantitative estimate of drug-likeness (QED) is 0.778. The zero-order valence-corrected chi connectivity index (χ0v) is 14.5. The highest BCUT2D eigenvalue weighted by Gasteiger charge is 2.50. The van der Waals surface area contributed by atoms with Crippen molar-refractivity contribution in [1.82, 2.24) is 10.2 Å². The Bertz CT molecular complexity index is 890. The van der Waals surface area contributed by atoms with E-state index in [9.17, 15) is 22.8 Å². The van der Waals surface area contributed by atoms with E-state index in [4.69, 9.17) is 0 Å². The van der Waals surface area contributed by atoms with E-state index < -0.39 is 34.9 Å². The molecule has 3 rings (SSSR count). The molecule has 2 aromatic carbocycles. The fraction of sp³-hybridized carbons (Fsp3) is 0.176. The lowest BCUT2D eigenvalue weighted by atomic mass is 9.91. The Balaban J connectivity index is 1.97. The Morgan fingerprint density at radius 2 is 1.76 bits per heavy atom. The van der Waals surface area contributed by atoms with Crippen LogP contribution in [0.3, 0.4) is 0 Å². The maximum atomic E-state index is 14.1. The van der Waals surface area contributed by atoms with Gasteiger partial charge in [-0.05, 0) is 43.3 Å². The van der Waals surface area contributed by atoms with Crippen LogP contribution in [-0.4, -0.2) is 16.8 Å². The van der Waals surface area contributed by atoms with Crippen LogP contribution >= 0.6 is 15.9 Å². The molecule has 130 valence electrons. The second-order valence-corrected chi connectivity index (χ2v) is 6.72. The Hall–Kier alpha value is -2.35. The molecule has 1 saturated heterocycles. The molecule has 1 unspecified atom stereocenters. The minimum Gasteiger partial charge on any atom is -0.319 e. The molecule has 25 heavy (non-hydrogen) atoms. The highest BCUT2D eigenvalue weighted by atomic mass is 79.9. The molecule has 1 atom stereocenters. The molecular weight excluding hydrogens is 401 g/mol. The molecule has 1 aliphatic heterocycles. The van der Waals surface area contributed by atoms with E-state index in [0.717, 1.165) is 23.1 Å². The first-order chi connectivity index (χ1) is 11.7. The Morgan fingerprint density at radius 3 is 2.48 bits per heavy atom. The number of rotatable bonds is 3. The van der Waals surface area contributed by atoms with Crippen molar-refractivity contribution in [3.63, 3.8) is 0 Å². The van der Waals surface area contributed by atoms with Crippen molar-refractivity contribution in [2.45, 2.75) is 19.0 Å². The number of amides is 3. The van der Waals surface area contributed by atoms with E-state index in [0.29, 0.717) is 4.47 Å². The van der Waals surface area contributed by atoms with Crippen molar-refractivity contribution in [2.24, 2.45) is 0 Å². The highest BCUT2D eigenvalue weighted by Crippen LogP contribution is 2.32. The molecule has 1 heterocycles. The van der Waals surface area contributed by atoms with Gasteiger partial charge in [0.25, 0.3) is 5.91 Å². The molecule has 1 N–H and O–H groups in total. The molecule has 1 fully saturated rings. The van der Waals surface area contributed by atoms with Crippen LogP contribution in [0, 0.1) is 17.5 Å². The molecule has 0 aliphatic carbocycles. The second-order valence-electron chi connectivity index (χ2n) is 5.81. The highest BCUT2D eigenvalue weighted by molar-refractivity contribution is 9.10. The summed E-state index contributed by atoms with van der Waals surface area (Å²) >= 11 is 3.19. The summed E-state index contributed by atoms with van der Waals surface area (Å²) in [7, 11) is 0. The molecular formula is C17H12BrF3N2O2. The van der Waals surface area contributed by atoms with E-state index in [2.05, 4.69) is 21.2 Å². The minimum absolute atomic E-state index is 0.113. The van der Waals surface area contributed by atoms with Crippen LogP contribution in [0.1, 0.15) is 18.1 Å². The summed E-state index contributed by atoms with van der Waals surface area (Å²) in [5.74, 6) is -2.94. The molecule has 3 amide bonds. The maximum absolute atomic E-state index is 14.1. The lowest BCUT2D eigenvalue weighted by Gasteiger charge is -2.23. The predicted molar refractivity (Wildman–Crippen MR) is 86.9 cm³/mol. The standard InChI is InChI=1S/C17H12BrF3N2O2/c1-17(12-7-11(19)3-5-14(12)21)15(24)23(16(25)22-17)8-9-6-10(18)2-4-13(9)20/h2-7H,8H2,1H3,(H,22,25). The summed E-state index contributed by atoms with van der Waals surface area (Å²) in [5, 5.41) is 2.37. The van der Waals surface area contributed by atoms with E-state index in [1.54, 1.807) is 0 Å². The van der Waals surface area contributed by atoms with Crippen molar-refractivity contribution in [3.05, 3.63) is 69.4 Å². The average molecular weight is 413 g/mol. The third-order valence-corrected chi connectivity index (χ3v) is 4.57. The molecule has 0 bridgehead atoms. The number of hydrogen-bond acceptors (Lipinski definition) is 2. The van der Waals surface area contributed by atoms with Gasteiger partial charge in [0.05, 0.1) is 6.54 Å². The van der Waals surface area contributed by atoms with E-state index >= 15 is 0 Å². The number of imide groups is 1. The van der Waals surface area contributed by atoms with Gasteiger partial charge in [0, 0.05) is 15.6 Å². The number of halogens is 4. The monoisotopic (exact) mass is 412 g/mol. The number of hydrogen-bond donors (Lipinski definition) is 1. The lowest BCUT2D eigenvalue weighted by molar-refractivity contribution is -0.131. The average Bonchev–Trinajstić information content (AvgIpc) is 2.77. The fourth-order valence-electron chi connectivity index (χ4n) is 2.74. The van der Waals surface area contributed by atoms with Gasteiger partial charge in [-0.15, -0.1) is 0 Å². The van der Waals surface area contributed by atoms with Crippen molar-refractivity contribution in [2.75, 3.05) is 0 Å². The van der Waals surface area contributed by atoms with Crippen LogP contribution in [0.5, 0.6) is 0 Å². The van der Waals surface area contributed by atoms with Crippen molar-refractivity contribution < 1.29 is 22.8 Å². The Labute approximate surface area is 149 Å². The van der Waals surface area contributed by atoms with Gasteiger partial charge in [-0.1, -0.05) is 15.9 Å². The molecule has 0 radical (unpaired) electrons. The lowest BCUT2D eigenvalue weighted by Crippen LogP contribution is -2.41. The van der Waals surface area contributed by atoms with E-state index in [-0.39, 0.29) is 17.7 Å². The third-order valence-electron chi connectivity index (χ3n) is 4.08. The van der Waals surface area contributed by atoms with Crippen LogP contribution in [-0.2, 0) is 16.9 Å². The van der Waals surface area contributed by atoms with Gasteiger partial charge in [-0.25, -0.2) is 18.0 Å². The van der Waals surface area contributed by atoms with Crippen molar-refractivity contribution in [3.8, 4) is 0 Å². The number of nitrogens with one attached hydrogen (secondary N) is 1. The molecule has 0 saturated carbocycles. The van der Waals surface area contributed by atoms with Gasteiger partial charge >= 0.3 is 6.03 Å². The summed E-state index contributed by atoms with van der Waals surface area (Å²) in [6.07, 6.45) is 0. The van der Waals surface area contributed by atoms with Crippen LogP contribution in [0.25, 0.3) is 0 Å². The molecule has 8 heteroatoms. The van der Waals surface area contributed by atoms with Crippen LogP contribution < -0.4 is 5.32 Å². The first-order valence-corrected chi connectivity index (χ1v) is 8.05. The van der Waals surface area contributed by atoms with Gasteiger partial charge in [0.15, 0.2) is 0 Å². The van der Waals surface area contributed by atoms with Crippen molar-refractivity contribution in [1.29, 1.82) is 0 Å².